The number of unbranched alkanes of at least 4 members (excludes halogenated alkanes) is 30. The van der Waals surface area contributed by atoms with Crippen LogP contribution in [0.4, 0.5) is 0 Å². The molecule has 0 amide bonds. The van der Waals surface area contributed by atoms with E-state index in [-0.39, 0.29) is 11.1 Å². The van der Waals surface area contributed by atoms with Crippen molar-refractivity contribution in [2.45, 2.75) is 281 Å². The zero-order valence-corrected chi connectivity index (χ0v) is 47.2. The first-order valence-corrected chi connectivity index (χ1v) is 30.4. The Bertz CT molecular complexity index is 1650. The van der Waals surface area contributed by atoms with Crippen LogP contribution in [0.25, 0.3) is 0 Å². The molecule has 2 aliphatic rings. The van der Waals surface area contributed by atoms with Crippen LogP contribution >= 0.6 is 0 Å². The van der Waals surface area contributed by atoms with Gasteiger partial charge in [-0.2, -0.15) is 0 Å². The van der Waals surface area contributed by atoms with E-state index in [0.29, 0.717) is 24.7 Å². The van der Waals surface area contributed by atoms with Crippen molar-refractivity contribution >= 4 is 11.9 Å². The highest BCUT2D eigenvalue weighted by molar-refractivity contribution is 5.90. The average Bonchev–Trinajstić information content (AvgIpc) is 3.44. The maximum atomic E-state index is 13.0. The van der Waals surface area contributed by atoms with Gasteiger partial charge in [0.05, 0.1) is 24.3 Å². The number of ether oxygens (including phenoxy) is 7. The first-order chi connectivity index (χ1) is 37.5. The molecule has 77 heavy (non-hydrogen) atoms. The van der Waals surface area contributed by atoms with Crippen molar-refractivity contribution in [3.05, 3.63) is 59.7 Å². The molecule has 0 unspecified atom stereocenters. The van der Waals surface area contributed by atoms with Crippen molar-refractivity contribution in [2.75, 3.05) is 26.4 Å². The molecule has 2 aromatic rings. The van der Waals surface area contributed by atoms with E-state index >= 15 is 0 Å². The van der Waals surface area contributed by atoms with Crippen LogP contribution in [0.15, 0.2) is 48.5 Å². The van der Waals surface area contributed by atoms with Crippen molar-refractivity contribution < 1.29 is 73.4 Å². The highest BCUT2D eigenvalue weighted by Crippen LogP contribution is 2.29. The summed E-state index contributed by atoms with van der Waals surface area (Å²) in [5.74, 6) is -0.258. The zero-order valence-electron chi connectivity index (χ0n) is 47.2. The lowest BCUT2D eigenvalue weighted by molar-refractivity contribution is -0.376. The van der Waals surface area contributed by atoms with Gasteiger partial charge in [-0.25, -0.2) is 9.59 Å². The maximum Gasteiger partial charge on any atom is 0.338 e. The van der Waals surface area contributed by atoms with Gasteiger partial charge in [-0.05, 0) is 61.4 Å². The number of hydrogen-bond donors (Lipinski definition) is 6. The van der Waals surface area contributed by atoms with Gasteiger partial charge in [0.2, 0.25) is 0 Å². The van der Waals surface area contributed by atoms with Crippen molar-refractivity contribution in [3.63, 3.8) is 0 Å². The minimum Gasteiger partial charge on any atom is -0.494 e. The predicted molar refractivity (Wildman–Crippen MR) is 298 cm³/mol. The molecule has 2 heterocycles. The molecule has 2 aromatic carbocycles. The summed E-state index contributed by atoms with van der Waals surface area (Å²) in [6, 6.07) is 12.9. The Hall–Kier alpha value is -3.38. The largest absolute Gasteiger partial charge is 0.494 e. The van der Waals surface area contributed by atoms with E-state index in [4.69, 9.17) is 33.2 Å². The molecule has 10 atom stereocenters. The van der Waals surface area contributed by atoms with Gasteiger partial charge >= 0.3 is 11.9 Å². The Balaban J connectivity index is 1.07. The number of hydrogen-bond acceptors (Lipinski definition) is 15. The van der Waals surface area contributed by atoms with E-state index < -0.39 is 86.6 Å². The summed E-state index contributed by atoms with van der Waals surface area (Å²) in [6.07, 6.45) is 24.3. The first kappa shape index (κ1) is 66.1. The third-order valence-corrected chi connectivity index (χ3v) is 15.1. The summed E-state index contributed by atoms with van der Waals surface area (Å²) in [5.41, 5.74) is 0.414. The highest BCUT2D eigenvalue weighted by atomic mass is 16.8. The second-order valence-electron chi connectivity index (χ2n) is 21.7. The number of aliphatic hydroxyl groups excluding tert-OH is 6. The quantitative estimate of drug-likeness (QED) is 0.0268. The molecule has 0 aromatic heterocycles. The van der Waals surface area contributed by atoms with Crippen molar-refractivity contribution in [3.8, 4) is 11.5 Å². The summed E-state index contributed by atoms with van der Waals surface area (Å²) in [4.78, 5) is 26.0. The number of carbonyl (C=O) groups excluding carboxylic acids is 2. The third kappa shape index (κ3) is 26.6. The standard InChI is InChI=1S/C62H102O15/c1-3-5-7-9-11-13-15-17-19-21-23-25-27-29-31-33-43-71-49-39-35-47(36-40-49)59(69)73-45-51-53(63)55(65)57(67)61(75-51)77-62-58(68)56(66)54(64)52(76-62)46-74-60(70)48-37-41-50(42-38-48)72-44-34-32-30-28-26-24-22-20-18-16-14-12-10-8-6-4-2/h35-42,51-58,61-68H,3-34,43-46H2,1-2H3/t51-,52-,53-,54-,55+,56+,57-,58-,61-,62-/m1/s1. The van der Waals surface area contributed by atoms with Crippen LogP contribution in [0.3, 0.4) is 0 Å². The summed E-state index contributed by atoms with van der Waals surface area (Å²) >= 11 is 0. The lowest BCUT2D eigenvalue weighted by atomic mass is 9.98. The van der Waals surface area contributed by atoms with Crippen molar-refractivity contribution in [1.82, 2.24) is 0 Å². The van der Waals surface area contributed by atoms with E-state index in [2.05, 4.69) is 13.8 Å². The van der Waals surface area contributed by atoms with Gasteiger partial charge in [0.25, 0.3) is 0 Å². The fourth-order valence-corrected chi connectivity index (χ4v) is 10.0. The summed E-state index contributed by atoms with van der Waals surface area (Å²) < 4.78 is 39.6. The molecule has 6 N–H and O–H groups in total. The maximum absolute atomic E-state index is 13.0. The smallest absolute Gasteiger partial charge is 0.338 e. The molecular weight excluding hydrogens is 985 g/mol. The normalized spacial score (nSPS) is 23.4. The molecule has 0 saturated carbocycles. The second-order valence-corrected chi connectivity index (χ2v) is 21.7. The third-order valence-electron chi connectivity index (χ3n) is 15.1. The van der Waals surface area contributed by atoms with Crippen LogP contribution in [0.5, 0.6) is 11.5 Å². The fourth-order valence-electron chi connectivity index (χ4n) is 10.0. The zero-order chi connectivity index (χ0) is 55.3. The van der Waals surface area contributed by atoms with Crippen LogP contribution < -0.4 is 9.47 Å². The summed E-state index contributed by atoms with van der Waals surface area (Å²) in [5, 5.41) is 64.4. The molecular formula is C62H102O15. The molecule has 0 bridgehead atoms. The number of aliphatic hydroxyl groups is 6. The van der Waals surface area contributed by atoms with Gasteiger partial charge in [-0.15, -0.1) is 0 Å². The molecule has 2 saturated heterocycles. The highest BCUT2D eigenvalue weighted by Gasteiger charge is 2.50. The topological polar surface area (TPSA) is 220 Å². The van der Waals surface area contributed by atoms with Crippen molar-refractivity contribution in [1.29, 1.82) is 0 Å². The van der Waals surface area contributed by atoms with Crippen LogP contribution in [-0.2, 0) is 23.7 Å². The second kappa shape index (κ2) is 40.7. The number of rotatable bonds is 44. The Morgan fingerprint density at radius 2 is 0.623 bits per heavy atom. The molecule has 2 fully saturated rings. The number of esters is 2. The molecule has 2 aliphatic heterocycles. The molecule has 0 radical (unpaired) electrons. The summed E-state index contributed by atoms with van der Waals surface area (Å²) in [6.45, 7) is 4.55. The molecule has 440 valence electrons. The van der Waals surface area contributed by atoms with Gasteiger partial charge in [0.15, 0.2) is 12.6 Å². The van der Waals surface area contributed by atoms with Crippen LogP contribution in [0.1, 0.15) is 240 Å². The first-order valence-electron chi connectivity index (χ1n) is 30.4. The van der Waals surface area contributed by atoms with Crippen molar-refractivity contribution in [2.24, 2.45) is 0 Å². The molecule has 0 spiro atoms. The minimum absolute atomic E-state index is 0.207. The van der Waals surface area contributed by atoms with Gasteiger partial charge < -0.3 is 63.8 Å². The molecule has 4 rings (SSSR count). The Morgan fingerprint density at radius 3 is 0.896 bits per heavy atom. The van der Waals surface area contributed by atoms with Crippen LogP contribution in [0, 0.1) is 0 Å². The van der Waals surface area contributed by atoms with Gasteiger partial charge in [0.1, 0.15) is 73.5 Å². The predicted octanol–water partition coefficient (Wildman–Crippen LogP) is 11.6. The SMILES string of the molecule is CCCCCCCCCCCCCCCCCCOc1ccc(C(=O)OC[C@H]2O[C@H](O[C@H]3O[C@H](COC(=O)c4ccc(OCCCCCCCCCCCCCCCCCC)cc4)[C@@H](O)[C@H](O)[C@H]3O)[C@H](O)[C@@H](O)[C@@H]2O)cc1. The Morgan fingerprint density at radius 1 is 0.364 bits per heavy atom. The Kier molecular flexibility index (Phi) is 35.0. The molecule has 15 nitrogen and oxygen atoms in total. The van der Waals surface area contributed by atoms with E-state index in [1.54, 1.807) is 48.5 Å². The minimum atomic E-state index is -1.87. The molecule has 15 heteroatoms. The van der Waals surface area contributed by atoms with E-state index in [9.17, 15) is 40.2 Å². The molecule has 0 aliphatic carbocycles. The van der Waals surface area contributed by atoms with Gasteiger partial charge in [0, 0.05) is 0 Å². The van der Waals surface area contributed by atoms with E-state index in [1.165, 1.54) is 180 Å². The van der Waals surface area contributed by atoms with E-state index in [1.807, 2.05) is 0 Å². The summed E-state index contributed by atoms with van der Waals surface area (Å²) in [7, 11) is 0. The fraction of sp³-hybridized carbons (Fsp3) is 0.774. The van der Waals surface area contributed by atoms with Gasteiger partial charge in [-0.3, -0.25) is 0 Å². The van der Waals surface area contributed by atoms with Gasteiger partial charge in [-0.1, -0.05) is 206 Å². The average molecular weight is 1090 g/mol. The van der Waals surface area contributed by atoms with E-state index in [0.717, 1.165) is 25.7 Å². The number of benzene rings is 2. The van der Waals surface area contributed by atoms with Crippen LogP contribution in [-0.4, -0.2) is 130 Å². The number of carbonyl (C=O) groups is 2. The lowest BCUT2D eigenvalue weighted by Gasteiger charge is -2.44. The monoisotopic (exact) mass is 1090 g/mol. The lowest BCUT2D eigenvalue weighted by Crippen LogP contribution is -2.64. The van der Waals surface area contributed by atoms with Crippen LogP contribution in [0.2, 0.25) is 0 Å². The Labute approximate surface area is 462 Å².